The van der Waals surface area contributed by atoms with E-state index in [2.05, 4.69) is 0 Å². The minimum Gasteiger partial charge on any atom is -0.476 e. The first kappa shape index (κ1) is 47.1. The fourth-order valence-electron chi connectivity index (χ4n) is 3.72. The van der Waals surface area contributed by atoms with E-state index in [1.807, 2.05) is 0 Å². The predicted molar refractivity (Wildman–Crippen MR) is 178 cm³/mol. The number of nitrogens with zero attached hydrogens (tertiary/aromatic N) is 1. The highest BCUT2D eigenvalue weighted by Gasteiger charge is 2.22. The van der Waals surface area contributed by atoms with Gasteiger partial charge in [-0.25, -0.2) is 4.79 Å². The molecule has 0 saturated heterocycles. The SMILES string of the molecule is O=C(CCC(=O)C(=O)O)OCCOCCOCCOCCOCCOCCOCCOCCOCCOCCOCCOCCN1C(=O)C=CC1=O. The van der Waals surface area contributed by atoms with E-state index in [-0.39, 0.29) is 44.6 Å². The second-order valence-corrected chi connectivity index (χ2v) is 10.3. The van der Waals surface area contributed by atoms with Crippen molar-refractivity contribution in [3.63, 3.8) is 0 Å². The molecule has 1 aliphatic rings. The molecule has 52 heavy (non-hydrogen) atoms. The summed E-state index contributed by atoms with van der Waals surface area (Å²) in [6, 6.07) is 0. The molecule has 2 amide bonds. The number of esters is 1. The number of hydrogen-bond donors (Lipinski definition) is 1. The number of imide groups is 1. The van der Waals surface area contributed by atoms with Crippen molar-refractivity contribution in [3.8, 4) is 0 Å². The number of rotatable bonds is 40. The maximum Gasteiger partial charge on any atom is 0.372 e. The monoisotopic (exact) mass is 753 g/mol. The van der Waals surface area contributed by atoms with Gasteiger partial charge in [0.25, 0.3) is 11.8 Å². The Kier molecular flexibility index (Phi) is 31.8. The molecule has 0 spiro atoms. The minimum absolute atomic E-state index is 0.00604. The third kappa shape index (κ3) is 29.6. The number of aliphatic carboxylic acids is 1. The van der Waals surface area contributed by atoms with E-state index in [0.29, 0.717) is 132 Å². The van der Waals surface area contributed by atoms with E-state index in [9.17, 15) is 24.0 Å². The number of carbonyl (C=O) groups excluding carboxylic acids is 4. The first-order valence-electron chi connectivity index (χ1n) is 17.2. The Balaban J connectivity index is 1.64. The Morgan fingerprint density at radius 1 is 0.423 bits per heavy atom. The summed E-state index contributed by atoms with van der Waals surface area (Å²) >= 11 is 0. The number of Topliss-reactive ketones (excluding diaryl/α,β-unsaturated/α-hetero) is 1. The number of carboxylic acids is 1. The zero-order valence-corrected chi connectivity index (χ0v) is 29.9. The number of carbonyl (C=O) groups is 5. The fourth-order valence-corrected chi connectivity index (χ4v) is 3.72. The molecule has 0 unspecified atom stereocenters. The zero-order valence-electron chi connectivity index (χ0n) is 29.9. The molecule has 0 aliphatic carbocycles. The molecule has 0 aromatic rings. The molecule has 0 radical (unpaired) electrons. The molecule has 1 N–H and O–H groups in total. The van der Waals surface area contributed by atoms with Crippen LogP contribution in [-0.4, -0.2) is 198 Å². The van der Waals surface area contributed by atoms with Gasteiger partial charge in [0.15, 0.2) is 0 Å². The summed E-state index contributed by atoms with van der Waals surface area (Å²) in [6.07, 6.45) is 1.82. The Labute approximate surface area is 303 Å². The topological polar surface area (TPSA) is 220 Å². The third-order valence-corrected chi connectivity index (χ3v) is 6.37. The highest BCUT2D eigenvalue weighted by Crippen LogP contribution is 2.02. The van der Waals surface area contributed by atoms with Crippen LogP contribution in [0.25, 0.3) is 0 Å². The first-order chi connectivity index (χ1) is 25.4. The van der Waals surface area contributed by atoms with Crippen molar-refractivity contribution in [1.82, 2.24) is 4.90 Å². The predicted octanol–water partition coefficient (Wildman–Crippen LogP) is -0.929. The van der Waals surface area contributed by atoms with Crippen LogP contribution in [0.15, 0.2) is 12.2 Å². The highest BCUT2D eigenvalue weighted by molar-refractivity contribution is 6.32. The average molecular weight is 754 g/mol. The van der Waals surface area contributed by atoms with Crippen molar-refractivity contribution in [2.75, 3.05) is 159 Å². The van der Waals surface area contributed by atoms with Crippen LogP contribution in [0.2, 0.25) is 0 Å². The lowest BCUT2D eigenvalue weighted by atomic mass is 10.2. The second kappa shape index (κ2) is 35.1. The van der Waals surface area contributed by atoms with Crippen molar-refractivity contribution < 1.29 is 85.9 Å². The van der Waals surface area contributed by atoms with Crippen LogP contribution in [0.4, 0.5) is 0 Å². The van der Waals surface area contributed by atoms with Gasteiger partial charge >= 0.3 is 11.9 Å². The van der Waals surface area contributed by atoms with Crippen molar-refractivity contribution in [2.24, 2.45) is 0 Å². The number of hydrogen-bond acceptors (Lipinski definition) is 17. The molecule has 0 atom stereocenters. The van der Waals surface area contributed by atoms with Gasteiger partial charge < -0.3 is 61.9 Å². The van der Waals surface area contributed by atoms with Gasteiger partial charge in [-0.15, -0.1) is 0 Å². The van der Waals surface area contributed by atoms with E-state index >= 15 is 0 Å². The summed E-state index contributed by atoms with van der Waals surface area (Å²) in [5, 5.41) is 8.44. The maximum atomic E-state index is 11.4. The number of carboxylic acid groups (broad SMARTS) is 1. The van der Waals surface area contributed by atoms with Gasteiger partial charge in [0.1, 0.15) is 6.61 Å². The summed E-state index contributed by atoms with van der Waals surface area (Å²) in [6.45, 7) is 9.11. The lowest BCUT2D eigenvalue weighted by molar-refractivity contribution is -0.151. The Bertz CT molecular complexity index is 963. The lowest BCUT2D eigenvalue weighted by Crippen LogP contribution is -2.33. The van der Waals surface area contributed by atoms with Crippen LogP contribution in [0, 0.1) is 0 Å². The molecule has 0 saturated carbocycles. The minimum atomic E-state index is -1.57. The van der Waals surface area contributed by atoms with Crippen LogP contribution in [-0.2, 0) is 80.8 Å². The molecule has 0 aromatic carbocycles. The van der Waals surface area contributed by atoms with Gasteiger partial charge in [0.2, 0.25) is 5.78 Å². The second-order valence-electron chi connectivity index (χ2n) is 10.3. The van der Waals surface area contributed by atoms with E-state index in [1.165, 1.54) is 12.2 Å². The largest absolute Gasteiger partial charge is 0.476 e. The number of ketones is 1. The molecule has 0 fully saturated rings. The third-order valence-electron chi connectivity index (χ3n) is 6.37. The average Bonchev–Trinajstić information content (AvgIpc) is 3.45. The van der Waals surface area contributed by atoms with Gasteiger partial charge in [0, 0.05) is 18.6 Å². The molecule has 0 aromatic heterocycles. The van der Waals surface area contributed by atoms with Crippen LogP contribution < -0.4 is 0 Å². The quantitative estimate of drug-likeness (QED) is 0.0346. The van der Waals surface area contributed by atoms with Gasteiger partial charge in [-0.3, -0.25) is 24.1 Å². The molecule has 1 heterocycles. The Hall–Kier alpha value is -2.95. The summed E-state index contributed by atoms with van der Waals surface area (Å²) in [5.74, 6) is -3.89. The zero-order chi connectivity index (χ0) is 37.7. The molecule has 19 nitrogen and oxygen atoms in total. The van der Waals surface area contributed by atoms with Crippen LogP contribution >= 0.6 is 0 Å². The van der Waals surface area contributed by atoms with Crippen molar-refractivity contribution in [1.29, 1.82) is 0 Å². The smallest absolute Gasteiger partial charge is 0.372 e. The van der Waals surface area contributed by atoms with Gasteiger partial charge in [-0.1, -0.05) is 0 Å². The molecular weight excluding hydrogens is 698 g/mol. The summed E-state index contributed by atoms with van der Waals surface area (Å²) in [4.78, 5) is 56.6. The molecule has 1 rings (SSSR count). The molecular formula is C33H55NO18. The first-order valence-corrected chi connectivity index (χ1v) is 17.2. The van der Waals surface area contributed by atoms with Crippen molar-refractivity contribution in [2.45, 2.75) is 12.8 Å². The van der Waals surface area contributed by atoms with E-state index in [4.69, 9.17) is 61.9 Å². The molecule has 0 bridgehead atoms. The van der Waals surface area contributed by atoms with E-state index < -0.39 is 24.1 Å². The van der Waals surface area contributed by atoms with Crippen LogP contribution in [0.1, 0.15) is 12.8 Å². The Morgan fingerprint density at radius 3 is 0.981 bits per heavy atom. The highest BCUT2D eigenvalue weighted by atomic mass is 16.6. The normalized spacial score (nSPS) is 12.7. The number of ether oxygens (including phenoxy) is 12. The van der Waals surface area contributed by atoms with Crippen molar-refractivity contribution >= 4 is 29.5 Å². The molecule has 300 valence electrons. The maximum absolute atomic E-state index is 11.4. The van der Waals surface area contributed by atoms with Gasteiger partial charge in [-0.05, 0) is 0 Å². The van der Waals surface area contributed by atoms with E-state index in [0.717, 1.165) is 4.90 Å². The van der Waals surface area contributed by atoms with Crippen LogP contribution in [0.5, 0.6) is 0 Å². The standard InChI is InChI=1S/C33H55NO18/c35-29(33(39)40)1-4-32(38)52-28-27-51-26-25-50-24-23-49-22-21-48-20-19-47-18-17-46-16-15-45-14-13-44-12-11-43-10-9-42-8-7-41-6-5-34-30(36)2-3-31(34)37/h2-3H,1,4-28H2,(H,39,40). The van der Waals surface area contributed by atoms with Gasteiger partial charge in [0.05, 0.1) is 158 Å². The van der Waals surface area contributed by atoms with Crippen LogP contribution in [0.3, 0.4) is 0 Å². The molecule has 19 heteroatoms. The Morgan fingerprint density at radius 2 is 0.692 bits per heavy atom. The summed E-state index contributed by atoms with van der Waals surface area (Å²) in [7, 11) is 0. The van der Waals surface area contributed by atoms with Crippen molar-refractivity contribution in [3.05, 3.63) is 12.2 Å². The summed E-state index contributed by atoms with van der Waals surface area (Å²) in [5.41, 5.74) is 0. The fraction of sp³-hybridized carbons (Fsp3) is 0.788. The van der Waals surface area contributed by atoms with Gasteiger partial charge in [-0.2, -0.15) is 0 Å². The lowest BCUT2D eigenvalue weighted by Gasteiger charge is -2.13. The molecule has 1 aliphatic heterocycles. The number of amides is 2. The van der Waals surface area contributed by atoms with E-state index in [1.54, 1.807) is 0 Å². The summed E-state index contributed by atoms with van der Waals surface area (Å²) < 4.78 is 64.3.